The van der Waals surface area contributed by atoms with Crippen molar-refractivity contribution in [2.24, 2.45) is 0 Å². The van der Waals surface area contributed by atoms with E-state index in [-0.39, 0.29) is 17.5 Å². The minimum Gasteiger partial charge on any atom is -0.464 e. The van der Waals surface area contributed by atoms with Crippen LogP contribution in [0, 0.1) is 0 Å². The Morgan fingerprint density at radius 2 is 1.94 bits per heavy atom. The number of carbonyl (C=O) groups is 1. The van der Waals surface area contributed by atoms with Gasteiger partial charge in [0.25, 0.3) is 0 Å². The van der Waals surface area contributed by atoms with Gasteiger partial charge in [-0.25, -0.2) is 8.42 Å². The van der Waals surface area contributed by atoms with Gasteiger partial charge in [-0.3, -0.25) is 9.69 Å². The molecule has 1 rings (SSSR count). The Balaban J connectivity index is 2.11. The van der Waals surface area contributed by atoms with Gasteiger partial charge in [0.05, 0.1) is 17.9 Å². The zero-order valence-electron chi connectivity index (χ0n) is 10.8. The fourth-order valence-electron chi connectivity index (χ4n) is 1.67. The highest BCUT2D eigenvalue weighted by Gasteiger charge is 2.21. The molecule has 0 aromatic carbocycles. The molecule has 0 amide bonds. The van der Waals surface area contributed by atoms with Crippen LogP contribution in [0.15, 0.2) is 12.2 Å². The van der Waals surface area contributed by atoms with E-state index in [1.807, 2.05) is 17.9 Å². The summed E-state index contributed by atoms with van der Waals surface area (Å²) in [5.41, 5.74) is 0. The maximum absolute atomic E-state index is 11.3. The molecule has 0 aromatic rings. The van der Waals surface area contributed by atoms with E-state index < -0.39 is 9.84 Å². The number of ether oxygens (including phenoxy) is 1. The number of sulfone groups is 1. The molecule has 18 heavy (non-hydrogen) atoms. The fraction of sp³-hybridized carbons (Fsp3) is 0.750. The fourth-order valence-corrected chi connectivity index (χ4v) is 2.94. The van der Waals surface area contributed by atoms with Gasteiger partial charge in [-0.2, -0.15) is 0 Å². The topological polar surface area (TPSA) is 63.7 Å². The van der Waals surface area contributed by atoms with Crippen LogP contribution in [0.25, 0.3) is 0 Å². The molecule has 0 atom stereocenters. The Hall–Kier alpha value is -0.880. The summed E-state index contributed by atoms with van der Waals surface area (Å²) < 4.78 is 27.5. The van der Waals surface area contributed by atoms with Gasteiger partial charge in [-0.15, -0.1) is 0 Å². The minimum absolute atomic E-state index is 0.209. The van der Waals surface area contributed by atoms with Crippen molar-refractivity contribution in [3.8, 4) is 0 Å². The molecule has 0 bridgehead atoms. The van der Waals surface area contributed by atoms with Crippen LogP contribution in [0.2, 0.25) is 0 Å². The SMILES string of the molecule is CCC=CCC(=O)OCCN1CCS(=O)(=O)CC1. The molecule has 0 N–H and O–H groups in total. The first-order chi connectivity index (χ1) is 8.53. The predicted molar refractivity (Wildman–Crippen MR) is 70.1 cm³/mol. The van der Waals surface area contributed by atoms with E-state index in [2.05, 4.69) is 0 Å². The quantitative estimate of drug-likeness (QED) is 0.525. The second-order valence-corrected chi connectivity index (χ2v) is 6.60. The van der Waals surface area contributed by atoms with Crippen molar-refractivity contribution < 1.29 is 17.9 Å². The van der Waals surface area contributed by atoms with E-state index in [9.17, 15) is 13.2 Å². The highest BCUT2D eigenvalue weighted by molar-refractivity contribution is 7.91. The number of hydrogen-bond donors (Lipinski definition) is 0. The Bertz CT molecular complexity index is 375. The Morgan fingerprint density at radius 3 is 2.56 bits per heavy atom. The molecule has 0 unspecified atom stereocenters. The lowest BCUT2D eigenvalue weighted by atomic mass is 10.3. The highest BCUT2D eigenvalue weighted by Crippen LogP contribution is 2.03. The van der Waals surface area contributed by atoms with Crippen molar-refractivity contribution >= 4 is 15.8 Å². The Kier molecular flexibility index (Phi) is 6.35. The lowest BCUT2D eigenvalue weighted by Gasteiger charge is -2.25. The summed E-state index contributed by atoms with van der Waals surface area (Å²) in [6.07, 6.45) is 4.95. The van der Waals surface area contributed by atoms with Crippen LogP contribution in [0.1, 0.15) is 19.8 Å². The molecule has 0 saturated carbocycles. The molecule has 1 aliphatic heterocycles. The molecule has 1 saturated heterocycles. The van der Waals surface area contributed by atoms with E-state index in [0.717, 1.165) is 6.42 Å². The lowest BCUT2D eigenvalue weighted by molar-refractivity contribution is -0.143. The summed E-state index contributed by atoms with van der Waals surface area (Å²) in [4.78, 5) is 13.3. The molecule has 6 heteroatoms. The molecule has 104 valence electrons. The van der Waals surface area contributed by atoms with E-state index in [1.165, 1.54) is 0 Å². The monoisotopic (exact) mass is 275 g/mol. The molecule has 1 aliphatic rings. The summed E-state index contributed by atoms with van der Waals surface area (Å²) in [6.45, 7) is 4.02. The van der Waals surface area contributed by atoms with Crippen molar-refractivity contribution in [1.29, 1.82) is 0 Å². The van der Waals surface area contributed by atoms with Crippen LogP contribution in [-0.2, 0) is 19.4 Å². The summed E-state index contributed by atoms with van der Waals surface area (Å²) in [7, 11) is -2.83. The van der Waals surface area contributed by atoms with Gasteiger partial charge in [0.15, 0.2) is 9.84 Å². The zero-order valence-corrected chi connectivity index (χ0v) is 11.6. The third-order valence-electron chi connectivity index (χ3n) is 2.79. The smallest absolute Gasteiger partial charge is 0.309 e. The molecule has 1 fully saturated rings. The number of nitrogens with zero attached hydrogens (tertiary/aromatic N) is 1. The van der Waals surface area contributed by atoms with Crippen LogP contribution in [0.3, 0.4) is 0 Å². The van der Waals surface area contributed by atoms with Crippen LogP contribution in [-0.4, -0.2) is 57.0 Å². The third-order valence-corrected chi connectivity index (χ3v) is 4.40. The number of carbonyl (C=O) groups excluding carboxylic acids is 1. The minimum atomic E-state index is -2.83. The van der Waals surface area contributed by atoms with Crippen molar-refractivity contribution in [3.05, 3.63) is 12.2 Å². The van der Waals surface area contributed by atoms with Gasteiger partial charge >= 0.3 is 5.97 Å². The van der Waals surface area contributed by atoms with Gasteiger partial charge in [-0.05, 0) is 6.42 Å². The normalized spacial score (nSPS) is 20.1. The first-order valence-electron chi connectivity index (χ1n) is 6.27. The molecule has 0 spiro atoms. The maximum atomic E-state index is 11.3. The zero-order chi connectivity index (χ0) is 13.4. The number of esters is 1. The van der Waals surface area contributed by atoms with E-state index >= 15 is 0 Å². The van der Waals surface area contributed by atoms with E-state index in [4.69, 9.17) is 4.74 Å². The van der Waals surface area contributed by atoms with E-state index in [1.54, 1.807) is 6.08 Å². The summed E-state index contributed by atoms with van der Waals surface area (Å²) in [6, 6.07) is 0. The molecule has 0 aliphatic carbocycles. The predicted octanol–water partition coefficient (Wildman–Crippen LogP) is 0.616. The first kappa shape index (κ1) is 15.2. The first-order valence-corrected chi connectivity index (χ1v) is 8.09. The molecule has 5 nitrogen and oxygen atoms in total. The molecule has 1 heterocycles. The third kappa shape index (κ3) is 6.16. The van der Waals surface area contributed by atoms with Crippen LogP contribution in [0.4, 0.5) is 0 Å². The Morgan fingerprint density at radius 1 is 1.28 bits per heavy atom. The molecule has 0 radical (unpaired) electrons. The van der Waals surface area contributed by atoms with Crippen molar-refractivity contribution in [1.82, 2.24) is 4.90 Å². The summed E-state index contributed by atoms with van der Waals surface area (Å²) >= 11 is 0. The molecule has 0 aromatic heterocycles. The number of rotatable bonds is 6. The lowest BCUT2D eigenvalue weighted by Crippen LogP contribution is -2.41. The number of allylic oxidation sites excluding steroid dienone is 1. The molecular formula is C12H21NO4S. The summed E-state index contributed by atoms with van der Waals surface area (Å²) in [5.74, 6) is 0.185. The number of hydrogen-bond acceptors (Lipinski definition) is 5. The summed E-state index contributed by atoms with van der Waals surface area (Å²) in [5, 5.41) is 0. The van der Waals surface area contributed by atoms with Crippen molar-refractivity contribution in [2.45, 2.75) is 19.8 Å². The molecular weight excluding hydrogens is 254 g/mol. The van der Waals surface area contributed by atoms with Crippen LogP contribution in [0.5, 0.6) is 0 Å². The van der Waals surface area contributed by atoms with E-state index in [0.29, 0.717) is 32.7 Å². The van der Waals surface area contributed by atoms with Gasteiger partial charge in [-0.1, -0.05) is 19.1 Å². The average Bonchev–Trinajstić information content (AvgIpc) is 2.32. The maximum Gasteiger partial charge on any atom is 0.309 e. The van der Waals surface area contributed by atoms with Gasteiger partial charge in [0.1, 0.15) is 6.61 Å². The second-order valence-electron chi connectivity index (χ2n) is 4.30. The van der Waals surface area contributed by atoms with Crippen LogP contribution < -0.4 is 0 Å². The van der Waals surface area contributed by atoms with Crippen LogP contribution >= 0.6 is 0 Å². The standard InChI is InChI=1S/C12H21NO4S/c1-2-3-4-5-12(14)17-9-6-13-7-10-18(15,16)11-8-13/h3-4H,2,5-11H2,1H3. The largest absolute Gasteiger partial charge is 0.464 e. The average molecular weight is 275 g/mol. The van der Waals surface area contributed by atoms with Gasteiger partial charge in [0.2, 0.25) is 0 Å². The van der Waals surface area contributed by atoms with Crippen molar-refractivity contribution in [2.75, 3.05) is 37.7 Å². The Labute approximate surface area is 109 Å². The second kappa shape index (κ2) is 7.53. The highest BCUT2D eigenvalue weighted by atomic mass is 32.2. The van der Waals surface area contributed by atoms with Gasteiger partial charge in [0, 0.05) is 19.6 Å². The van der Waals surface area contributed by atoms with Crippen molar-refractivity contribution in [3.63, 3.8) is 0 Å². The van der Waals surface area contributed by atoms with Gasteiger partial charge < -0.3 is 4.74 Å².